The molecule has 1 amide bonds. The Balaban J connectivity index is 1.55. The van der Waals surface area contributed by atoms with Crippen molar-refractivity contribution in [1.29, 1.82) is 0 Å². The molecule has 0 atom stereocenters. The standard InChI is InChI=1S/C16H11F2N3OS2/c17-11-4-3-5-12(18)10(11)8-19-21-15(22)9-23-16-20-13-6-1-2-7-14(13)24-16/h1-8H,9H2,(H,21,22)/b19-8-. The van der Waals surface area contributed by atoms with Crippen molar-refractivity contribution in [3.63, 3.8) is 0 Å². The van der Waals surface area contributed by atoms with Crippen LogP contribution in [0.4, 0.5) is 8.78 Å². The largest absolute Gasteiger partial charge is 0.272 e. The number of para-hydroxylation sites is 1. The van der Waals surface area contributed by atoms with Gasteiger partial charge in [-0.3, -0.25) is 4.79 Å². The van der Waals surface area contributed by atoms with Crippen molar-refractivity contribution in [3.05, 3.63) is 59.7 Å². The zero-order valence-electron chi connectivity index (χ0n) is 12.2. The molecule has 0 spiro atoms. The van der Waals surface area contributed by atoms with Gasteiger partial charge in [0.15, 0.2) is 4.34 Å². The molecule has 122 valence electrons. The van der Waals surface area contributed by atoms with Crippen LogP contribution in [0.2, 0.25) is 0 Å². The molecule has 0 unspecified atom stereocenters. The molecule has 1 N–H and O–H groups in total. The molecule has 0 radical (unpaired) electrons. The van der Waals surface area contributed by atoms with E-state index in [9.17, 15) is 13.6 Å². The number of benzene rings is 2. The number of halogens is 2. The highest BCUT2D eigenvalue weighted by Gasteiger charge is 2.08. The van der Waals surface area contributed by atoms with Gasteiger partial charge in [0.25, 0.3) is 5.91 Å². The molecular formula is C16H11F2N3OS2. The molecule has 24 heavy (non-hydrogen) atoms. The Kier molecular flexibility index (Phi) is 5.17. The number of hydrogen-bond acceptors (Lipinski definition) is 5. The van der Waals surface area contributed by atoms with Crippen LogP contribution in [-0.2, 0) is 4.79 Å². The van der Waals surface area contributed by atoms with Crippen LogP contribution in [0.15, 0.2) is 51.9 Å². The lowest BCUT2D eigenvalue weighted by molar-refractivity contribution is -0.118. The van der Waals surface area contributed by atoms with Gasteiger partial charge in [0.2, 0.25) is 0 Å². The van der Waals surface area contributed by atoms with E-state index in [1.165, 1.54) is 29.2 Å². The summed E-state index contributed by atoms with van der Waals surface area (Å²) < 4.78 is 28.6. The van der Waals surface area contributed by atoms with E-state index in [1.807, 2.05) is 24.3 Å². The quantitative estimate of drug-likeness (QED) is 0.426. The maximum atomic E-state index is 13.4. The van der Waals surface area contributed by atoms with E-state index in [2.05, 4.69) is 15.5 Å². The molecule has 0 aliphatic carbocycles. The fourth-order valence-corrected chi connectivity index (χ4v) is 3.74. The summed E-state index contributed by atoms with van der Waals surface area (Å²) >= 11 is 2.78. The van der Waals surface area contributed by atoms with Gasteiger partial charge in [-0.15, -0.1) is 11.3 Å². The molecule has 1 heterocycles. The number of nitrogens with one attached hydrogen (secondary N) is 1. The van der Waals surface area contributed by atoms with Gasteiger partial charge in [-0.1, -0.05) is 30.0 Å². The van der Waals surface area contributed by atoms with Crippen LogP contribution in [0.3, 0.4) is 0 Å². The summed E-state index contributed by atoms with van der Waals surface area (Å²) in [7, 11) is 0. The van der Waals surface area contributed by atoms with E-state index in [-0.39, 0.29) is 17.2 Å². The minimum Gasteiger partial charge on any atom is -0.272 e. The number of carbonyl (C=O) groups excluding carboxylic acids is 1. The van der Waals surface area contributed by atoms with E-state index in [1.54, 1.807) is 0 Å². The lowest BCUT2D eigenvalue weighted by atomic mass is 10.2. The van der Waals surface area contributed by atoms with Crippen molar-refractivity contribution >= 4 is 45.4 Å². The number of nitrogens with zero attached hydrogens (tertiary/aromatic N) is 2. The number of hydrazone groups is 1. The molecule has 4 nitrogen and oxygen atoms in total. The lowest BCUT2D eigenvalue weighted by Crippen LogP contribution is -2.19. The summed E-state index contributed by atoms with van der Waals surface area (Å²) in [5.41, 5.74) is 2.84. The highest BCUT2D eigenvalue weighted by Crippen LogP contribution is 2.28. The Hall–Kier alpha value is -2.32. The van der Waals surface area contributed by atoms with Crippen molar-refractivity contribution in [2.75, 3.05) is 5.75 Å². The van der Waals surface area contributed by atoms with Crippen LogP contribution in [-0.4, -0.2) is 22.9 Å². The summed E-state index contributed by atoms with van der Waals surface area (Å²) in [5.74, 6) is -1.75. The summed E-state index contributed by atoms with van der Waals surface area (Å²) in [6, 6.07) is 11.2. The van der Waals surface area contributed by atoms with Gasteiger partial charge in [0.1, 0.15) is 11.6 Å². The highest BCUT2D eigenvalue weighted by molar-refractivity contribution is 8.01. The summed E-state index contributed by atoms with van der Waals surface area (Å²) in [6.45, 7) is 0. The van der Waals surface area contributed by atoms with Crippen LogP contribution in [0.1, 0.15) is 5.56 Å². The summed E-state index contributed by atoms with van der Waals surface area (Å²) in [5, 5.41) is 3.58. The first-order valence-electron chi connectivity index (χ1n) is 6.88. The SMILES string of the molecule is O=C(CSc1nc2ccccc2s1)N/N=C\c1c(F)cccc1F. The number of hydrogen-bond donors (Lipinski definition) is 1. The number of aromatic nitrogens is 1. The normalized spacial score (nSPS) is 11.2. The van der Waals surface area contributed by atoms with Crippen LogP contribution in [0.25, 0.3) is 10.2 Å². The molecule has 0 bridgehead atoms. The molecule has 3 rings (SSSR count). The third-order valence-corrected chi connectivity index (χ3v) is 5.16. The molecule has 0 aliphatic rings. The average Bonchev–Trinajstić information content (AvgIpc) is 2.98. The van der Waals surface area contributed by atoms with Crippen LogP contribution in [0.5, 0.6) is 0 Å². The van der Waals surface area contributed by atoms with Crippen LogP contribution in [0, 0.1) is 11.6 Å². The number of fused-ring (bicyclic) bond motifs is 1. The molecule has 2 aromatic carbocycles. The third kappa shape index (κ3) is 3.95. The summed E-state index contributed by atoms with van der Waals surface area (Å²) in [4.78, 5) is 16.1. The molecule has 0 fully saturated rings. The second kappa shape index (κ2) is 7.50. The smallest absolute Gasteiger partial charge is 0.250 e. The second-order valence-corrected chi connectivity index (χ2v) is 6.92. The zero-order chi connectivity index (χ0) is 16.9. The molecule has 0 saturated heterocycles. The van der Waals surface area contributed by atoms with E-state index in [0.29, 0.717) is 0 Å². The van der Waals surface area contributed by atoms with Gasteiger partial charge in [0, 0.05) is 0 Å². The van der Waals surface area contributed by atoms with Crippen molar-refractivity contribution in [2.24, 2.45) is 5.10 Å². The first-order valence-corrected chi connectivity index (χ1v) is 8.68. The Morgan fingerprint density at radius 2 is 1.96 bits per heavy atom. The van der Waals surface area contributed by atoms with Gasteiger partial charge < -0.3 is 0 Å². The van der Waals surface area contributed by atoms with Gasteiger partial charge >= 0.3 is 0 Å². The summed E-state index contributed by atoms with van der Waals surface area (Å²) in [6.07, 6.45) is 0.949. The molecule has 0 saturated carbocycles. The first kappa shape index (κ1) is 16.5. The number of thiazole rings is 1. The van der Waals surface area contributed by atoms with Crippen molar-refractivity contribution in [2.45, 2.75) is 4.34 Å². The first-order chi connectivity index (χ1) is 11.6. The number of rotatable bonds is 5. The van der Waals surface area contributed by atoms with E-state index < -0.39 is 11.6 Å². The van der Waals surface area contributed by atoms with Crippen LogP contribution >= 0.6 is 23.1 Å². The number of thioether (sulfide) groups is 1. The van der Waals surface area contributed by atoms with Gasteiger partial charge in [-0.05, 0) is 24.3 Å². The molecule has 0 aliphatic heterocycles. The van der Waals surface area contributed by atoms with Gasteiger partial charge in [-0.25, -0.2) is 19.2 Å². The predicted octanol–water partition coefficient (Wildman–Crippen LogP) is 3.82. The Labute approximate surface area is 144 Å². The van der Waals surface area contributed by atoms with Crippen molar-refractivity contribution < 1.29 is 13.6 Å². The molecule has 3 aromatic rings. The number of amides is 1. The van der Waals surface area contributed by atoms with Crippen molar-refractivity contribution in [1.82, 2.24) is 10.4 Å². The minimum atomic E-state index is -0.739. The lowest BCUT2D eigenvalue weighted by Gasteiger charge is -1.99. The minimum absolute atomic E-state index is 0.108. The maximum Gasteiger partial charge on any atom is 0.250 e. The van der Waals surface area contributed by atoms with E-state index in [4.69, 9.17) is 0 Å². The second-order valence-electron chi connectivity index (χ2n) is 4.66. The van der Waals surface area contributed by atoms with Crippen LogP contribution < -0.4 is 5.43 Å². The third-order valence-electron chi connectivity index (χ3n) is 2.98. The molecular weight excluding hydrogens is 352 g/mol. The van der Waals surface area contributed by atoms with E-state index in [0.717, 1.165) is 32.9 Å². The molecule has 1 aromatic heterocycles. The number of carbonyl (C=O) groups is 1. The molecule has 8 heteroatoms. The maximum absolute atomic E-state index is 13.4. The fraction of sp³-hybridized carbons (Fsp3) is 0.0625. The highest BCUT2D eigenvalue weighted by atomic mass is 32.2. The Bertz CT molecular complexity index is 858. The fourth-order valence-electron chi connectivity index (χ4n) is 1.88. The monoisotopic (exact) mass is 363 g/mol. The topological polar surface area (TPSA) is 54.4 Å². The average molecular weight is 363 g/mol. The van der Waals surface area contributed by atoms with Crippen molar-refractivity contribution in [3.8, 4) is 0 Å². The predicted molar refractivity (Wildman–Crippen MR) is 92.4 cm³/mol. The Morgan fingerprint density at radius 1 is 1.21 bits per heavy atom. The Morgan fingerprint density at radius 3 is 2.71 bits per heavy atom. The van der Waals surface area contributed by atoms with Gasteiger partial charge in [-0.2, -0.15) is 5.10 Å². The van der Waals surface area contributed by atoms with E-state index >= 15 is 0 Å². The zero-order valence-corrected chi connectivity index (χ0v) is 13.8. The van der Waals surface area contributed by atoms with Gasteiger partial charge in [0.05, 0.1) is 27.7 Å².